The highest BCUT2D eigenvalue weighted by Gasteiger charge is 2.28. The molecule has 14 heavy (non-hydrogen) atoms. The Balaban J connectivity index is 2.43. The first kappa shape index (κ1) is 10.5. The van der Waals surface area contributed by atoms with Gasteiger partial charge in [-0.15, -0.1) is 0 Å². The van der Waals surface area contributed by atoms with E-state index in [1.165, 1.54) is 0 Å². The number of rotatable bonds is 4. The molecule has 1 amide bonds. The first-order chi connectivity index (χ1) is 6.55. The molecule has 0 aromatic carbocycles. The normalized spacial score (nSPS) is 11.4. The zero-order chi connectivity index (χ0) is 10.6. The van der Waals surface area contributed by atoms with Crippen molar-refractivity contribution in [3.63, 3.8) is 0 Å². The summed E-state index contributed by atoms with van der Waals surface area (Å²) in [4.78, 5) is 11.0. The Bertz CT molecular complexity index is 301. The zero-order valence-electron chi connectivity index (χ0n) is 7.00. The molecule has 0 saturated heterocycles. The summed E-state index contributed by atoms with van der Waals surface area (Å²) in [5.74, 6) is -4.09. The van der Waals surface area contributed by atoms with Crippen molar-refractivity contribution in [2.45, 2.75) is 5.92 Å². The van der Waals surface area contributed by atoms with Gasteiger partial charge >= 0.3 is 0 Å². The van der Waals surface area contributed by atoms with Gasteiger partial charge in [-0.3, -0.25) is 4.79 Å². The molecule has 0 saturated carbocycles. The maximum Gasteiger partial charge on any atom is 0.287 e. The number of halogens is 2. The molecule has 0 spiro atoms. The van der Waals surface area contributed by atoms with Crippen LogP contribution in [0.25, 0.3) is 0 Å². The second kappa shape index (κ2) is 4.09. The quantitative estimate of drug-likeness (QED) is 0.599. The first-order valence-electron chi connectivity index (χ1n) is 3.68. The number of aromatic amines is 1. The zero-order valence-corrected chi connectivity index (χ0v) is 7.00. The highest BCUT2D eigenvalue weighted by molar-refractivity contribution is 5.91. The number of hydrogen-bond acceptors (Lipinski definition) is 4. The van der Waals surface area contributed by atoms with Crippen LogP contribution in [0.5, 0.6) is 0 Å². The van der Waals surface area contributed by atoms with Crippen LogP contribution >= 0.6 is 0 Å². The van der Waals surface area contributed by atoms with Gasteiger partial charge in [-0.1, -0.05) is 0 Å². The monoisotopic (exact) mass is 206 g/mol. The molecule has 0 radical (unpaired) electrons. The Kier molecular flexibility index (Phi) is 3.07. The minimum Gasteiger partial charge on any atom is -0.390 e. The molecular weight excluding hydrogens is 198 g/mol. The Morgan fingerprint density at radius 1 is 1.71 bits per heavy atom. The van der Waals surface area contributed by atoms with Crippen LogP contribution in [0.15, 0.2) is 6.20 Å². The van der Waals surface area contributed by atoms with Crippen molar-refractivity contribution in [2.75, 3.05) is 13.2 Å². The van der Waals surface area contributed by atoms with Crippen LogP contribution in [-0.4, -0.2) is 45.5 Å². The van der Waals surface area contributed by atoms with Gasteiger partial charge in [-0.05, 0) is 0 Å². The van der Waals surface area contributed by atoms with E-state index in [1.54, 1.807) is 0 Å². The number of nitrogens with zero attached hydrogens (tertiary/aromatic N) is 2. The van der Waals surface area contributed by atoms with Crippen molar-refractivity contribution < 1.29 is 18.7 Å². The van der Waals surface area contributed by atoms with Crippen LogP contribution in [0.1, 0.15) is 10.5 Å². The summed E-state index contributed by atoms with van der Waals surface area (Å²) in [6, 6.07) is 0. The lowest BCUT2D eigenvalue weighted by Crippen LogP contribution is -2.39. The maximum atomic E-state index is 12.4. The Hall–Kier alpha value is -1.57. The Morgan fingerprint density at radius 3 is 2.93 bits per heavy atom. The molecule has 3 N–H and O–H groups in total. The van der Waals surface area contributed by atoms with E-state index in [2.05, 4.69) is 15.4 Å². The number of hydrogen-bond donors (Lipinski definition) is 3. The van der Waals surface area contributed by atoms with Gasteiger partial charge in [0.25, 0.3) is 11.8 Å². The molecule has 1 rings (SSSR count). The van der Waals surface area contributed by atoms with E-state index in [4.69, 9.17) is 5.11 Å². The molecule has 78 valence electrons. The fraction of sp³-hybridized carbons (Fsp3) is 0.500. The lowest BCUT2D eigenvalue weighted by atomic mass is 10.3. The van der Waals surface area contributed by atoms with Crippen molar-refractivity contribution in [1.82, 2.24) is 20.7 Å². The smallest absolute Gasteiger partial charge is 0.287 e. The van der Waals surface area contributed by atoms with Gasteiger partial charge in [-0.25, -0.2) is 8.78 Å². The predicted molar refractivity (Wildman–Crippen MR) is 40.7 cm³/mol. The number of alkyl halides is 2. The number of H-pyrrole nitrogens is 1. The highest BCUT2D eigenvalue weighted by atomic mass is 19.3. The van der Waals surface area contributed by atoms with Crippen LogP contribution < -0.4 is 5.32 Å². The standard InChI is InChI=1S/C6H8F2N4O2/c7-6(8,3-13)2-9-5(14)4-1-10-12-11-4/h1,13H,2-3H2,(H,9,14)(H,10,11,12). The van der Waals surface area contributed by atoms with E-state index >= 15 is 0 Å². The van der Waals surface area contributed by atoms with Crippen LogP contribution in [-0.2, 0) is 0 Å². The van der Waals surface area contributed by atoms with Crippen molar-refractivity contribution >= 4 is 5.91 Å². The van der Waals surface area contributed by atoms with Gasteiger partial charge in [0.05, 0.1) is 12.7 Å². The Morgan fingerprint density at radius 2 is 2.43 bits per heavy atom. The van der Waals surface area contributed by atoms with E-state index in [0.717, 1.165) is 6.20 Å². The second-order valence-corrected chi connectivity index (χ2v) is 2.55. The van der Waals surface area contributed by atoms with Gasteiger partial charge in [0, 0.05) is 0 Å². The van der Waals surface area contributed by atoms with E-state index in [1.807, 2.05) is 5.32 Å². The summed E-state index contributed by atoms with van der Waals surface area (Å²) in [5.41, 5.74) is -0.0845. The van der Waals surface area contributed by atoms with Crippen LogP contribution in [0.3, 0.4) is 0 Å². The van der Waals surface area contributed by atoms with E-state index < -0.39 is 25.0 Å². The lowest BCUT2D eigenvalue weighted by Gasteiger charge is -2.12. The molecule has 0 aliphatic rings. The van der Waals surface area contributed by atoms with Gasteiger partial charge in [0.1, 0.15) is 6.61 Å². The first-order valence-corrected chi connectivity index (χ1v) is 3.68. The number of aliphatic hydroxyl groups excluding tert-OH is 1. The number of aromatic nitrogens is 3. The lowest BCUT2D eigenvalue weighted by molar-refractivity contribution is -0.0462. The molecular formula is C6H8F2N4O2. The van der Waals surface area contributed by atoms with Gasteiger partial charge < -0.3 is 10.4 Å². The van der Waals surface area contributed by atoms with Gasteiger partial charge in [0.15, 0.2) is 5.69 Å². The molecule has 6 nitrogen and oxygen atoms in total. The summed E-state index contributed by atoms with van der Waals surface area (Å²) < 4.78 is 24.9. The number of amides is 1. The van der Waals surface area contributed by atoms with Crippen molar-refractivity contribution in [3.8, 4) is 0 Å². The van der Waals surface area contributed by atoms with Crippen LogP contribution in [0.4, 0.5) is 8.78 Å². The Labute approximate surface area is 77.3 Å². The predicted octanol–water partition coefficient (Wildman–Crippen LogP) is -0.838. The fourth-order valence-electron chi connectivity index (χ4n) is 0.667. The third kappa shape index (κ3) is 2.73. The van der Waals surface area contributed by atoms with E-state index in [0.29, 0.717) is 0 Å². The average Bonchev–Trinajstić information content (AvgIpc) is 2.67. The molecule has 0 bridgehead atoms. The molecule has 0 unspecified atom stereocenters. The van der Waals surface area contributed by atoms with Crippen LogP contribution in [0, 0.1) is 0 Å². The van der Waals surface area contributed by atoms with Gasteiger partial charge in [-0.2, -0.15) is 15.4 Å². The molecule has 1 aromatic heterocycles. The summed E-state index contributed by atoms with van der Waals surface area (Å²) >= 11 is 0. The minimum atomic E-state index is -3.32. The number of carbonyl (C=O) groups excluding carboxylic acids is 1. The highest BCUT2D eigenvalue weighted by Crippen LogP contribution is 2.09. The SMILES string of the molecule is O=C(NCC(F)(F)CO)c1cn[nH]n1. The van der Waals surface area contributed by atoms with Crippen molar-refractivity contribution in [1.29, 1.82) is 0 Å². The average molecular weight is 206 g/mol. The van der Waals surface area contributed by atoms with E-state index in [-0.39, 0.29) is 5.69 Å². The van der Waals surface area contributed by atoms with Crippen molar-refractivity contribution in [3.05, 3.63) is 11.9 Å². The maximum absolute atomic E-state index is 12.4. The third-order valence-corrected chi connectivity index (χ3v) is 1.39. The molecule has 0 atom stereocenters. The minimum absolute atomic E-state index is 0.0845. The molecule has 0 fully saturated rings. The summed E-state index contributed by atoms with van der Waals surface area (Å²) in [6.45, 7) is -2.25. The fourth-order valence-corrected chi connectivity index (χ4v) is 0.667. The van der Waals surface area contributed by atoms with E-state index in [9.17, 15) is 13.6 Å². The summed E-state index contributed by atoms with van der Waals surface area (Å²) in [5, 5.41) is 19.0. The number of carbonyl (C=O) groups is 1. The number of nitrogens with one attached hydrogen (secondary N) is 2. The molecule has 1 aromatic rings. The third-order valence-electron chi connectivity index (χ3n) is 1.39. The molecule has 0 aliphatic carbocycles. The second-order valence-electron chi connectivity index (χ2n) is 2.55. The van der Waals surface area contributed by atoms with Crippen LogP contribution in [0.2, 0.25) is 0 Å². The summed E-state index contributed by atoms with van der Waals surface area (Å²) in [6.07, 6.45) is 1.10. The van der Waals surface area contributed by atoms with Gasteiger partial charge in [0.2, 0.25) is 0 Å². The number of aliphatic hydroxyl groups is 1. The largest absolute Gasteiger partial charge is 0.390 e. The van der Waals surface area contributed by atoms with Crippen molar-refractivity contribution in [2.24, 2.45) is 0 Å². The topological polar surface area (TPSA) is 90.9 Å². The molecule has 0 aliphatic heterocycles. The molecule has 8 heteroatoms. The molecule has 1 heterocycles. The summed E-state index contributed by atoms with van der Waals surface area (Å²) in [7, 11) is 0.